The molecule has 40 heavy (non-hydrogen) atoms. The monoisotopic (exact) mass is 573 g/mol. The van der Waals surface area contributed by atoms with Crippen LogP contribution in [-0.2, 0) is 0 Å². The number of nitro groups is 2. The van der Waals surface area contributed by atoms with Crippen molar-refractivity contribution in [3.8, 4) is 22.5 Å². The van der Waals surface area contributed by atoms with E-state index in [1.807, 2.05) is 0 Å². The summed E-state index contributed by atoms with van der Waals surface area (Å²) in [5.74, 6) is -1.15. The van der Waals surface area contributed by atoms with Crippen molar-refractivity contribution in [1.29, 1.82) is 0 Å². The lowest BCUT2D eigenvalue weighted by atomic mass is 10.1. The smallest absolute Gasteiger partial charge is 0.276 e. The summed E-state index contributed by atoms with van der Waals surface area (Å²) in [5.41, 5.74) is 2.28. The van der Waals surface area contributed by atoms with Crippen LogP contribution in [0.2, 0.25) is 0 Å². The maximum absolute atomic E-state index is 12.8. The number of benzene rings is 2. The lowest BCUT2D eigenvalue weighted by molar-refractivity contribution is -0.385. The summed E-state index contributed by atoms with van der Waals surface area (Å²) in [5, 5.41) is 30.9. The van der Waals surface area contributed by atoms with Crippen LogP contribution < -0.4 is 10.6 Å². The standard InChI is InChI=1S/C25H15N7O6S2/c33-22(29-24-27-20(12-39-24)14-4-8-16(9-5-14)31(35)36)18-2-1-3-19(26-18)23(34)30-25-28-21(13-40-25)15-6-10-17(11-7-15)32(37)38/h1-13H,(H,27,29,33)(H,28,30,34). The number of carbonyl (C=O) groups excluding carboxylic acids is 2. The van der Waals surface area contributed by atoms with E-state index in [0.717, 1.165) is 0 Å². The number of rotatable bonds is 8. The summed E-state index contributed by atoms with van der Waals surface area (Å²) in [7, 11) is 0. The highest BCUT2D eigenvalue weighted by Crippen LogP contribution is 2.28. The third-order valence-corrected chi connectivity index (χ3v) is 6.93. The molecule has 0 spiro atoms. The van der Waals surface area contributed by atoms with Gasteiger partial charge in [-0.1, -0.05) is 6.07 Å². The molecule has 3 heterocycles. The molecular weight excluding hydrogens is 558 g/mol. The van der Waals surface area contributed by atoms with Gasteiger partial charge in [-0.3, -0.25) is 40.5 Å². The summed E-state index contributed by atoms with van der Waals surface area (Å²) in [6.45, 7) is 0. The van der Waals surface area contributed by atoms with Gasteiger partial charge in [0.15, 0.2) is 10.3 Å². The second-order valence-electron chi connectivity index (χ2n) is 8.00. The molecule has 0 atom stereocenters. The van der Waals surface area contributed by atoms with E-state index < -0.39 is 21.7 Å². The average Bonchev–Trinajstić information content (AvgIpc) is 3.63. The van der Waals surface area contributed by atoms with Crippen molar-refractivity contribution in [2.75, 3.05) is 10.6 Å². The second-order valence-corrected chi connectivity index (χ2v) is 9.72. The molecule has 0 saturated heterocycles. The SMILES string of the molecule is O=C(Nc1nc(-c2ccc([N+](=O)[O-])cc2)cs1)c1cccc(C(=O)Nc2nc(-c3ccc([N+](=O)[O-])cc3)cs2)n1. The summed E-state index contributed by atoms with van der Waals surface area (Å²) in [4.78, 5) is 59.1. The van der Waals surface area contributed by atoms with Crippen molar-refractivity contribution in [2.24, 2.45) is 0 Å². The first-order valence-corrected chi connectivity index (χ1v) is 13.0. The van der Waals surface area contributed by atoms with Gasteiger partial charge in [-0.05, 0) is 36.4 Å². The largest absolute Gasteiger partial charge is 0.296 e. The first-order chi connectivity index (χ1) is 19.3. The normalized spacial score (nSPS) is 10.6. The van der Waals surface area contributed by atoms with Crippen LogP contribution >= 0.6 is 22.7 Å². The van der Waals surface area contributed by atoms with E-state index in [1.165, 1.54) is 65.1 Å². The van der Waals surface area contributed by atoms with Gasteiger partial charge in [0.05, 0.1) is 21.2 Å². The molecule has 0 unspecified atom stereocenters. The number of carbonyl (C=O) groups is 2. The number of nitrogens with zero attached hydrogens (tertiary/aromatic N) is 5. The summed E-state index contributed by atoms with van der Waals surface area (Å²) < 4.78 is 0. The molecule has 3 aromatic heterocycles. The van der Waals surface area contributed by atoms with Crippen LogP contribution in [0.25, 0.3) is 22.5 Å². The molecule has 2 amide bonds. The third kappa shape index (κ3) is 5.85. The van der Waals surface area contributed by atoms with Crippen LogP contribution in [0, 0.1) is 20.2 Å². The number of thiazole rings is 2. The third-order valence-electron chi connectivity index (χ3n) is 5.41. The highest BCUT2D eigenvalue weighted by atomic mass is 32.1. The minimum absolute atomic E-state index is 0.00885. The highest BCUT2D eigenvalue weighted by Gasteiger charge is 2.16. The molecule has 2 N–H and O–H groups in total. The Morgan fingerprint density at radius 1 is 0.625 bits per heavy atom. The number of nitro benzene ring substituents is 2. The van der Waals surface area contributed by atoms with Gasteiger partial charge in [-0.25, -0.2) is 15.0 Å². The number of hydrogen-bond acceptors (Lipinski definition) is 11. The first-order valence-electron chi connectivity index (χ1n) is 11.3. The molecule has 5 aromatic rings. The maximum atomic E-state index is 12.8. The van der Waals surface area contributed by atoms with E-state index in [4.69, 9.17) is 0 Å². The number of nitrogens with one attached hydrogen (secondary N) is 2. The van der Waals surface area contributed by atoms with Crippen LogP contribution in [0.4, 0.5) is 21.6 Å². The molecule has 0 radical (unpaired) electrons. The van der Waals surface area contributed by atoms with Crippen molar-refractivity contribution in [3.63, 3.8) is 0 Å². The van der Waals surface area contributed by atoms with Gasteiger partial charge >= 0.3 is 0 Å². The van der Waals surface area contributed by atoms with E-state index in [0.29, 0.717) is 22.5 Å². The number of anilines is 2. The van der Waals surface area contributed by atoms with Crippen LogP contribution in [0.15, 0.2) is 77.5 Å². The maximum Gasteiger partial charge on any atom is 0.276 e. The van der Waals surface area contributed by atoms with E-state index in [1.54, 1.807) is 35.0 Å². The lowest BCUT2D eigenvalue weighted by Crippen LogP contribution is -2.18. The molecule has 2 aromatic carbocycles. The first kappa shape index (κ1) is 26.2. The Bertz CT molecular complexity index is 1630. The minimum atomic E-state index is -0.575. The number of pyridine rings is 1. The van der Waals surface area contributed by atoms with Crippen LogP contribution in [0.1, 0.15) is 21.0 Å². The fraction of sp³-hybridized carbons (Fsp3) is 0. The van der Waals surface area contributed by atoms with Crippen molar-refractivity contribution in [2.45, 2.75) is 0 Å². The lowest BCUT2D eigenvalue weighted by Gasteiger charge is -2.04. The zero-order valence-electron chi connectivity index (χ0n) is 20.0. The molecule has 0 fully saturated rings. The van der Waals surface area contributed by atoms with Crippen LogP contribution in [-0.4, -0.2) is 36.6 Å². The number of aromatic nitrogens is 3. The van der Waals surface area contributed by atoms with E-state index >= 15 is 0 Å². The zero-order valence-corrected chi connectivity index (χ0v) is 21.6. The second kappa shape index (κ2) is 11.1. The Morgan fingerprint density at radius 2 is 1.02 bits per heavy atom. The topological polar surface area (TPSA) is 183 Å². The highest BCUT2D eigenvalue weighted by molar-refractivity contribution is 7.14. The van der Waals surface area contributed by atoms with E-state index in [9.17, 15) is 29.8 Å². The molecule has 198 valence electrons. The van der Waals surface area contributed by atoms with Crippen molar-refractivity contribution < 1.29 is 19.4 Å². The Labute approximate surface area is 232 Å². The molecule has 0 aliphatic rings. The number of amides is 2. The van der Waals surface area contributed by atoms with E-state index in [-0.39, 0.29) is 33.0 Å². The molecule has 0 aliphatic carbocycles. The fourth-order valence-corrected chi connectivity index (χ4v) is 4.87. The zero-order chi connectivity index (χ0) is 28.2. The van der Waals surface area contributed by atoms with E-state index in [2.05, 4.69) is 25.6 Å². The predicted molar refractivity (Wildman–Crippen MR) is 149 cm³/mol. The summed E-state index contributed by atoms with van der Waals surface area (Å²) in [6, 6.07) is 16.2. The molecule has 13 nitrogen and oxygen atoms in total. The van der Waals surface area contributed by atoms with Gasteiger partial charge < -0.3 is 0 Å². The Kier molecular flexibility index (Phi) is 7.30. The Hall–Kier alpha value is -5.41. The number of hydrogen-bond donors (Lipinski definition) is 2. The van der Waals surface area contributed by atoms with Gasteiger partial charge in [-0.15, -0.1) is 22.7 Å². The molecule has 15 heteroatoms. The molecule has 0 saturated carbocycles. The molecule has 0 bridgehead atoms. The molecular formula is C25H15N7O6S2. The molecule has 5 rings (SSSR count). The molecule has 0 aliphatic heterocycles. The van der Waals surface area contributed by atoms with Gasteiger partial charge in [0.1, 0.15) is 11.4 Å². The van der Waals surface area contributed by atoms with Gasteiger partial charge in [0.25, 0.3) is 23.2 Å². The number of non-ortho nitro benzene ring substituents is 2. The average molecular weight is 574 g/mol. The van der Waals surface area contributed by atoms with Crippen molar-refractivity contribution in [1.82, 2.24) is 15.0 Å². The predicted octanol–water partition coefficient (Wildman–Crippen LogP) is 5.65. The van der Waals surface area contributed by atoms with Crippen molar-refractivity contribution in [3.05, 3.63) is 109 Å². The fourth-order valence-electron chi connectivity index (χ4n) is 3.45. The van der Waals surface area contributed by atoms with Gasteiger partial charge in [-0.2, -0.15) is 0 Å². The van der Waals surface area contributed by atoms with Gasteiger partial charge in [0.2, 0.25) is 0 Å². The van der Waals surface area contributed by atoms with Crippen molar-refractivity contribution >= 4 is 56.1 Å². The van der Waals surface area contributed by atoms with Crippen LogP contribution in [0.3, 0.4) is 0 Å². The Morgan fingerprint density at radius 3 is 1.40 bits per heavy atom. The van der Waals surface area contributed by atoms with Crippen LogP contribution in [0.5, 0.6) is 0 Å². The summed E-state index contributed by atoms with van der Waals surface area (Å²) >= 11 is 2.34. The Balaban J connectivity index is 1.23. The van der Waals surface area contributed by atoms with Gasteiger partial charge in [0, 0.05) is 46.2 Å². The quantitative estimate of drug-likeness (QED) is 0.175. The minimum Gasteiger partial charge on any atom is -0.296 e. The summed E-state index contributed by atoms with van der Waals surface area (Å²) in [6.07, 6.45) is 0.